The van der Waals surface area contributed by atoms with Gasteiger partial charge in [-0.05, 0) is 68.1 Å². The van der Waals surface area contributed by atoms with Crippen LogP contribution in [0.5, 0.6) is 0 Å². The minimum absolute atomic E-state index is 0.165. The van der Waals surface area contributed by atoms with Crippen molar-refractivity contribution < 1.29 is 0 Å². The first kappa shape index (κ1) is 17.9. The highest BCUT2D eigenvalue weighted by Gasteiger charge is 2.13. The van der Waals surface area contributed by atoms with Crippen molar-refractivity contribution in [3.8, 4) is 0 Å². The molecule has 27 heavy (non-hydrogen) atoms. The van der Waals surface area contributed by atoms with Crippen molar-refractivity contribution in [1.29, 1.82) is 0 Å². The van der Waals surface area contributed by atoms with Gasteiger partial charge in [0.15, 0.2) is 0 Å². The van der Waals surface area contributed by atoms with Crippen molar-refractivity contribution >= 4 is 38.7 Å². The highest BCUT2D eigenvalue weighted by Crippen LogP contribution is 2.22. The SMILES string of the molecule is Cc1cc(N2CCCC2)ccc1C=Nn1c(C)nc2ccc(Br)cc2c1=O. The van der Waals surface area contributed by atoms with Gasteiger partial charge < -0.3 is 4.90 Å². The second-order valence-electron chi connectivity index (χ2n) is 6.92. The van der Waals surface area contributed by atoms with Crippen LogP contribution in [0.4, 0.5) is 5.69 Å². The van der Waals surface area contributed by atoms with Crippen LogP contribution in [0, 0.1) is 13.8 Å². The third kappa shape index (κ3) is 3.54. The second kappa shape index (κ2) is 7.27. The summed E-state index contributed by atoms with van der Waals surface area (Å²) in [5.74, 6) is 0.567. The summed E-state index contributed by atoms with van der Waals surface area (Å²) >= 11 is 3.41. The Labute approximate surface area is 166 Å². The molecule has 5 nitrogen and oxygen atoms in total. The van der Waals surface area contributed by atoms with E-state index >= 15 is 0 Å². The fourth-order valence-corrected chi connectivity index (χ4v) is 3.85. The van der Waals surface area contributed by atoms with E-state index in [1.165, 1.54) is 23.2 Å². The molecule has 0 atom stereocenters. The van der Waals surface area contributed by atoms with Gasteiger partial charge in [-0.2, -0.15) is 9.78 Å². The van der Waals surface area contributed by atoms with E-state index in [4.69, 9.17) is 0 Å². The van der Waals surface area contributed by atoms with Crippen molar-refractivity contribution in [3.05, 3.63) is 68.2 Å². The van der Waals surface area contributed by atoms with Gasteiger partial charge in [-0.15, -0.1) is 0 Å². The molecule has 0 bridgehead atoms. The molecule has 0 unspecified atom stereocenters. The van der Waals surface area contributed by atoms with Crippen LogP contribution < -0.4 is 10.5 Å². The average Bonchev–Trinajstić information content (AvgIpc) is 3.18. The van der Waals surface area contributed by atoms with Crippen molar-refractivity contribution in [2.24, 2.45) is 5.10 Å². The van der Waals surface area contributed by atoms with Crippen LogP contribution in [0.2, 0.25) is 0 Å². The lowest BCUT2D eigenvalue weighted by molar-refractivity contribution is 0.770. The number of hydrogen-bond acceptors (Lipinski definition) is 4. The lowest BCUT2D eigenvalue weighted by Gasteiger charge is -2.18. The van der Waals surface area contributed by atoms with E-state index in [1.807, 2.05) is 12.1 Å². The predicted octanol–water partition coefficient (Wildman–Crippen LogP) is 4.26. The summed E-state index contributed by atoms with van der Waals surface area (Å²) < 4.78 is 2.21. The summed E-state index contributed by atoms with van der Waals surface area (Å²) in [6.45, 7) is 6.12. The molecule has 0 spiro atoms. The Morgan fingerprint density at radius 1 is 1.11 bits per heavy atom. The summed E-state index contributed by atoms with van der Waals surface area (Å²) in [5, 5.41) is 4.98. The smallest absolute Gasteiger partial charge is 0.282 e. The maximum atomic E-state index is 12.8. The highest BCUT2D eigenvalue weighted by molar-refractivity contribution is 9.10. The molecule has 6 heteroatoms. The molecule has 4 rings (SSSR count). The van der Waals surface area contributed by atoms with Crippen molar-refractivity contribution in [3.63, 3.8) is 0 Å². The van der Waals surface area contributed by atoms with Gasteiger partial charge in [-0.1, -0.05) is 22.0 Å². The van der Waals surface area contributed by atoms with Gasteiger partial charge in [-0.25, -0.2) is 4.98 Å². The van der Waals surface area contributed by atoms with E-state index in [2.05, 4.69) is 56.0 Å². The summed E-state index contributed by atoms with van der Waals surface area (Å²) in [6.07, 6.45) is 4.26. The highest BCUT2D eigenvalue weighted by atomic mass is 79.9. The van der Waals surface area contributed by atoms with E-state index in [0.29, 0.717) is 16.7 Å². The molecule has 1 aliphatic rings. The molecule has 138 valence electrons. The Hall–Kier alpha value is -2.47. The van der Waals surface area contributed by atoms with Gasteiger partial charge in [0.1, 0.15) is 5.82 Å². The molecule has 0 radical (unpaired) electrons. The Morgan fingerprint density at radius 3 is 2.63 bits per heavy atom. The Balaban J connectivity index is 1.69. The van der Waals surface area contributed by atoms with E-state index in [9.17, 15) is 4.79 Å². The van der Waals surface area contributed by atoms with Crippen molar-refractivity contribution in [2.45, 2.75) is 26.7 Å². The third-order valence-electron chi connectivity index (χ3n) is 5.01. The topological polar surface area (TPSA) is 50.5 Å². The fourth-order valence-electron chi connectivity index (χ4n) is 3.49. The van der Waals surface area contributed by atoms with Crippen molar-refractivity contribution in [1.82, 2.24) is 9.66 Å². The van der Waals surface area contributed by atoms with Gasteiger partial charge in [-0.3, -0.25) is 4.79 Å². The molecule has 0 saturated carbocycles. The normalized spacial score (nSPS) is 14.6. The van der Waals surface area contributed by atoms with Crippen molar-refractivity contribution in [2.75, 3.05) is 18.0 Å². The molecule has 1 saturated heterocycles. The van der Waals surface area contributed by atoms with E-state index in [0.717, 1.165) is 28.7 Å². The Morgan fingerprint density at radius 2 is 1.89 bits per heavy atom. The standard InChI is InChI=1S/C21H21BrN4O/c1-14-11-18(25-9-3-4-10-25)7-5-16(14)13-23-26-15(2)24-20-8-6-17(22)12-19(20)21(26)27/h5-8,11-13H,3-4,9-10H2,1-2H3. The molecule has 1 aromatic heterocycles. The number of aryl methyl sites for hydroxylation is 2. The minimum Gasteiger partial charge on any atom is -0.372 e. The lowest BCUT2D eigenvalue weighted by atomic mass is 10.1. The minimum atomic E-state index is -0.165. The number of fused-ring (bicyclic) bond motifs is 1. The lowest BCUT2D eigenvalue weighted by Crippen LogP contribution is -2.20. The monoisotopic (exact) mass is 424 g/mol. The molecule has 1 aliphatic heterocycles. The number of aromatic nitrogens is 2. The number of hydrogen-bond donors (Lipinski definition) is 0. The summed E-state index contributed by atoms with van der Waals surface area (Å²) in [4.78, 5) is 19.7. The predicted molar refractivity (Wildman–Crippen MR) is 114 cm³/mol. The van der Waals surface area contributed by atoms with Gasteiger partial charge in [0.25, 0.3) is 5.56 Å². The van der Waals surface area contributed by atoms with Crippen LogP contribution >= 0.6 is 15.9 Å². The van der Waals surface area contributed by atoms with E-state index in [-0.39, 0.29) is 5.56 Å². The molecular formula is C21H21BrN4O. The number of benzene rings is 2. The van der Waals surface area contributed by atoms with Crippen LogP contribution in [0.25, 0.3) is 10.9 Å². The van der Waals surface area contributed by atoms with Gasteiger partial charge in [0.2, 0.25) is 0 Å². The van der Waals surface area contributed by atoms with Crippen LogP contribution in [0.1, 0.15) is 29.8 Å². The van der Waals surface area contributed by atoms with Crippen LogP contribution in [0.15, 0.2) is 50.8 Å². The van der Waals surface area contributed by atoms with E-state index in [1.54, 1.807) is 19.2 Å². The number of nitrogens with zero attached hydrogens (tertiary/aromatic N) is 4. The molecule has 1 fully saturated rings. The maximum Gasteiger partial charge on any atom is 0.282 e. The quantitative estimate of drug-likeness (QED) is 0.590. The average molecular weight is 425 g/mol. The third-order valence-corrected chi connectivity index (χ3v) is 5.50. The van der Waals surface area contributed by atoms with Crippen LogP contribution in [0.3, 0.4) is 0 Å². The first-order valence-electron chi connectivity index (χ1n) is 9.12. The number of halogens is 1. The van der Waals surface area contributed by atoms with Crippen LogP contribution in [-0.4, -0.2) is 29.0 Å². The first-order valence-corrected chi connectivity index (χ1v) is 9.91. The van der Waals surface area contributed by atoms with E-state index < -0.39 is 0 Å². The Kier molecular flexibility index (Phi) is 4.83. The Bertz CT molecular complexity index is 1100. The molecule has 3 aromatic rings. The molecule has 0 N–H and O–H groups in total. The van der Waals surface area contributed by atoms with Gasteiger partial charge >= 0.3 is 0 Å². The van der Waals surface area contributed by atoms with Gasteiger partial charge in [0, 0.05) is 23.2 Å². The second-order valence-corrected chi connectivity index (χ2v) is 7.83. The summed E-state index contributed by atoms with van der Waals surface area (Å²) in [6, 6.07) is 11.9. The van der Waals surface area contributed by atoms with Gasteiger partial charge in [0.05, 0.1) is 17.1 Å². The zero-order valence-corrected chi connectivity index (χ0v) is 17.0. The zero-order chi connectivity index (χ0) is 19.0. The maximum absolute atomic E-state index is 12.8. The molecule has 2 heterocycles. The zero-order valence-electron chi connectivity index (χ0n) is 15.4. The molecular weight excluding hydrogens is 404 g/mol. The fraction of sp³-hybridized carbons (Fsp3) is 0.286. The summed E-state index contributed by atoms with van der Waals surface area (Å²) in [7, 11) is 0. The molecule has 2 aromatic carbocycles. The molecule has 0 amide bonds. The van der Waals surface area contributed by atoms with Crippen LogP contribution in [-0.2, 0) is 0 Å². The first-order chi connectivity index (χ1) is 13.0. The largest absolute Gasteiger partial charge is 0.372 e. The number of anilines is 1. The summed E-state index contributed by atoms with van der Waals surface area (Å²) in [5.41, 5.74) is 3.91. The molecule has 0 aliphatic carbocycles. The number of rotatable bonds is 3.